The predicted molar refractivity (Wildman–Crippen MR) is 92.2 cm³/mol. The van der Waals surface area contributed by atoms with E-state index in [9.17, 15) is 8.42 Å². The molecule has 0 saturated carbocycles. The first kappa shape index (κ1) is 16.6. The fourth-order valence-corrected chi connectivity index (χ4v) is 4.13. The third-order valence-electron chi connectivity index (χ3n) is 2.87. The highest BCUT2D eigenvalue weighted by Gasteiger charge is 2.20. The Morgan fingerprint density at radius 2 is 2.14 bits per heavy atom. The number of sulfonamides is 1. The maximum Gasteiger partial charge on any atom is 0.280 e. The molecule has 8 heteroatoms. The zero-order chi connectivity index (χ0) is 15.6. The fourth-order valence-electron chi connectivity index (χ4n) is 1.85. The van der Waals surface area contributed by atoms with Crippen molar-refractivity contribution in [2.45, 2.75) is 31.8 Å². The largest absolute Gasteiger partial charge is 0.334 e. The van der Waals surface area contributed by atoms with Crippen molar-refractivity contribution in [3.63, 3.8) is 0 Å². The molecular formula is C13H15ClIN3O2S. The summed E-state index contributed by atoms with van der Waals surface area (Å²) in [5.41, 5.74) is 0.489. The van der Waals surface area contributed by atoms with Crippen LogP contribution in [0, 0.1) is 10.5 Å². The Balaban J connectivity index is 2.32. The van der Waals surface area contributed by atoms with E-state index in [0.717, 1.165) is 16.5 Å². The van der Waals surface area contributed by atoms with Crippen LogP contribution in [0.15, 0.2) is 29.4 Å². The maximum absolute atomic E-state index is 12.4. The Bertz CT molecular complexity index is 759. The van der Waals surface area contributed by atoms with Crippen LogP contribution in [0.25, 0.3) is 0 Å². The van der Waals surface area contributed by atoms with Gasteiger partial charge in [-0.05, 0) is 54.1 Å². The van der Waals surface area contributed by atoms with Crippen LogP contribution in [-0.2, 0) is 16.6 Å². The van der Waals surface area contributed by atoms with Crippen molar-refractivity contribution in [2.75, 3.05) is 4.72 Å². The summed E-state index contributed by atoms with van der Waals surface area (Å²) in [6.07, 6.45) is 2.48. The zero-order valence-corrected chi connectivity index (χ0v) is 15.3. The number of anilines is 1. The van der Waals surface area contributed by atoms with Crippen LogP contribution >= 0.6 is 34.2 Å². The molecule has 21 heavy (non-hydrogen) atoms. The molecule has 0 spiro atoms. The predicted octanol–water partition coefficient (Wildman–Crippen LogP) is 3.66. The number of benzene rings is 1. The van der Waals surface area contributed by atoms with Crippen molar-refractivity contribution >= 4 is 49.9 Å². The van der Waals surface area contributed by atoms with E-state index in [1.807, 2.05) is 34.1 Å². The average Bonchev–Trinajstić information content (AvgIpc) is 2.76. The molecule has 114 valence electrons. The van der Waals surface area contributed by atoms with E-state index in [1.54, 1.807) is 31.3 Å². The molecule has 5 nitrogen and oxygen atoms in total. The number of hydrogen-bond donors (Lipinski definition) is 1. The highest BCUT2D eigenvalue weighted by Crippen LogP contribution is 2.24. The van der Waals surface area contributed by atoms with Crippen LogP contribution in [0.4, 0.5) is 5.69 Å². The van der Waals surface area contributed by atoms with Gasteiger partial charge in [-0.1, -0.05) is 18.5 Å². The van der Waals surface area contributed by atoms with Crippen molar-refractivity contribution < 1.29 is 8.42 Å². The summed E-state index contributed by atoms with van der Waals surface area (Å²) in [5.74, 6) is 0.683. The summed E-state index contributed by atoms with van der Waals surface area (Å²) in [6.45, 7) is 4.56. The van der Waals surface area contributed by atoms with E-state index in [-0.39, 0.29) is 5.03 Å². The van der Waals surface area contributed by atoms with Gasteiger partial charge in [0, 0.05) is 21.3 Å². The molecule has 0 aliphatic heterocycles. The molecule has 0 unspecified atom stereocenters. The third kappa shape index (κ3) is 3.89. The molecule has 2 rings (SSSR count). The Kier molecular flexibility index (Phi) is 5.15. The van der Waals surface area contributed by atoms with Gasteiger partial charge in [-0.3, -0.25) is 4.72 Å². The van der Waals surface area contributed by atoms with Gasteiger partial charge in [0.15, 0.2) is 5.03 Å². The van der Waals surface area contributed by atoms with E-state index in [4.69, 9.17) is 11.6 Å². The Labute approximate surface area is 142 Å². The van der Waals surface area contributed by atoms with E-state index < -0.39 is 10.0 Å². The minimum absolute atomic E-state index is 0.0270. The van der Waals surface area contributed by atoms with Gasteiger partial charge >= 0.3 is 0 Å². The van der Waals surface area contributed by atoms with Crippen LogP contribution in [0.1, 0.15) is 19.2 Å². The van der Waals surface area contributed by atoms with Crippen molar-refractivity contribution in [3.8, 4) is 0 Å². The Morgan fingerprint density at radius 1 is 1.43 bits per heavy atom. The van der Waals surface area contributed by atoms with Crippen molar-refractivity contribution in [1.82, 2.24) is 9.55 Å². The molecule has 1 heterocycles. The second-order valence-electron chi connectivity index (χ2n) is 4.55. The van der Waals surface area contributed by atoms with Crippen LogP contribution in [0.2, 0.25) is 5.02 Å². The molecular weight excluding hydrogens is 425 g/mol. The summed E-state index contributed by atoms with van der Waals surface area (Å²) >= 11 is 7.90. The number of rotatable bonds is 5. The lowest BCUT2D eigenvalue weighted by molar-refractivity contribution is 0.597. The van der Waals surface area contributed by atoms with E-state index in [1.165, 1.54) is 0 Å². The molecule has 1 aromatic heterocycles. The highest BCUT2D eigenvalue weighted by molar-refractivity contribution is 14.1. The first-order valence-corrected chi connectivity index (χ1v) is 9.29. The molecule has 0 fully saturated rings. The number of aryl methyl sites for hydroxylation is 2. The number of aromatic nitrogens is 2. The minimum Gasteiger partial charge on any atom is -0.334 e. The normalized spacial score (nSPS) is 11.6. The molecule has 0 aliphatic carbocycles. The second-order valence-corrected chi connectivity index (χ2v) is 7.78. The first-order chi connectivity index (χ1) is 9.83. The van der Waals surface area contributed by atoms with Crippen molar-refractivity contribution in [1.29, 1.82) is 0 Å². The van der Waals surface area contributed by atoms with E-state index in [2.05, 4.69) is 9.71 Å². The summed E-state index contributed by atoms with van der Waals surface area (Å²) in [5, 5.41) is 0.588. The SMILES string of the molecule is CCCn1cc(S(=O)(=O)Nc2ccc(Cl)cc2I)nc1C. The smallest absolute Gasteiger partial charge is 0.280 e. The lowest BCUT2D eigenvalue weighted by atomic mass is 10.3. The Hall–Kier alpha value is -0.800. The number of imidazole rings is 1. The van der Waals surface area contributed by atoms with Gasteiger partial charge in [-0.2, -0.15) is 8.42 Å². The number of halogens is 2. The van der Waals surface area contributed by atoms with Crippen LogP contribution < -0.4 is 4.72 Å². The third-order valence-corrected chi connectivity index (χ3v) is 5.23. The molecule has 0 saturated heterocycles. The molecule has 1 aromatic carbocycles. The summed E-state index contributed by atoms with van der Waals surface area (Å²) < 4.78 is 29.9. The highest BCUT2D eigenvalue weighted by atomic mass is 127. The van der Waals surface area contributed by atoms with Crippen LogP contribution in [-0.4, -0.2) is 18.0 Å². The molecule has 0 radical (unpaired) electrons. The van der Waals surface area contributed by atoms with Gasteiger partial charge in [0.1, 0.15) is 5.82 Å². The average molecular weight is 440 g/mol. The summed E-state index contributed by atoms with van der Waals surface area (Å²) in [4.78, 5) is 4.13. The van der Waals surface area contributed by atoms with Gasteiger partial charge < -0.3 is 4.57 Å². The lowest BCUT2D eigenvalue weighted by Gasteiger charge is -2.08. The van der Waals surface area contributed by atoms with E-state index in [0.29, 0.717) is 16.5 Å². The quantitative estimate of drug-likeness (QED) is 0.723. The van der Waals surface area contributed by atoms with Crippen molar-refractivity contribution in [3.05, 3.63) is 38.8 Å². The molecule has 1 N–H and O–H groups in total. The van der Waals surface area contributed by atoms with Gasteiger partial charge in [0.2, 0.25) is 0 Å². The van der Waals surface area contributed by atoms with Gasteiger partial charge in [-0.15, -0.1) is 0 Å². The van der Waals surface area contributed by atoms with Crippen molar-refractivity contribution in [2.24, 2.45) is 0 Å². The Morgan fingerprint density at radius 3 is 2.76 bits per heavy atom. The summed E-state index contributed by atoms with van der Waals surface area (Å²) in [7, 11) is -3.70. The van der Waals surface area contributed by atoms with Gasteiger partial charge in [0.05, 0.1) is 5.69 Å². The fraction of sp³-hybridized carbons (Fsp3) is 0.308. The number of nitrogens with zero attached hydrogens (tertiary/aromatic N) is 2. The first-order valence-electron chi connectivity index (χ1n) is 6.35. The molecule has 0 aliphatic rings. The molecule has 0 bridgehead atoms. The maximum atomic E-state index is 12.4. The standard InChI is InChI=1S/C13H15ClIN3O2S/c1-3-6-18-8-13(16-9(18)2)21(19,20)17-12-5-4-10(14)7-11(12)15/h4-5,7-8,17H,3,6H2,1-2H3. The molecule has 0 atom stereocenters. The van der Waals surface area contributed by atoms with Gasteiger partial charge in [0.25, 0.3) is 10.0 Å². The molecule has 0 amide bonds. The topological polar surface area (TPSA) is 64.0 Å². The van der Waals surface area contributed by atoms with Gasteiger partial charge in [-0.25, -0.2) is 4.98 Å². The van der Waals surface area contributed by atoms with Crippen LogP contribution in [0.3, 0.4) is 0 Å². The molecule has 2 aromatic rings. The monoisotopic (exact) mass is 439 g/mol. The zero-order valence-electron chi connectivity index (χ0n) is 11.6. The van der Waals surface area contributed by atoms with E-state index >= 15 is 0 Å². The summed E-state index contributed by atoms with van der Waals surface area (Å²) in [6, 6.07) is 4.97. The number of nitrogens with one attached hydrogen (secondary N) is 1. The minimum atomic E-state index is -3.70. The van der Waals surface area contributed by atoms with Crippen LogP contribution in [0.5, 0.6) is 0 Å². The number of hydrogen-bond acceptors (Lipinski definition) is 3. The second kappa shape index (κ2) is 6.53. The lowest BCUT2D eigenvalue weighted by Crippen LogP contribution is -2.14.